The second-order valence-electron chi connectivity index (χ2n) is 8.94. The van der Waals surface area contributed by atoms with E-state index in [-0.39, 0.29) is 23.7 Å². The maximum atomic E-state index is 14.9. The first-order valence-corrected chi connectivity index (χ1v) is 11.6. The van der Waals surface area contributed by atoms with Gasteiger partial charge in [0.1, 0.15) is 5.82 Å². The van der Waals surface area contributed by atoms with Crippen LogP contribution in [0.1, 0.15) is 50.5 Å². The molecule has 0 heterocycles. The summed E-state index contributed by atoms with van der Waals surface area (Å²) in [5.74, 6) is -1.22. The van der Waals surface area contributed by atoms with Gasteiger partial charge in [0.2, 0.25) is 5.82 Å². The van der Waals surface area contributed by atoms with Crippen LogP contribution in [0.25, 0.3) is 22.3 Å². The van der Waals surface area contributed by atoms with Crippen LogP contribution in [-0.2, 0) is 0 Å². The van der Waals surface area contributed by atoms with E-state index in [4.69, 9.17) is 4.74 Å². The molecule has 0 aliphatic heterocycles. The van der Waals surface area contributed by atoms with Crippen molar-refractivity contribution in [2.45, 2.75) is 44.9 Å². The highest BCUT2D eigenvalue weighted by atomic mass is 19.2. The van der Waals surface area contributed by atoms with Gasteiger partial charge in [-0.2, -0.15) is 4.39 Å². The first-order chi connectivity index (χ1) is 16.0. The van der Waals surface area contributed by atoms with Crippen LogP contribution in [-0.4, -0.2) is 6.61 Å². The van der Waals surface area contributed by atoms with Gasteiger partial charge in [0, 0.05) is 5.56 Å². The van der Waals surface area contributed by atoms with E-state index in [1.54, 1.807) is 36.4 Å². The fourth-order valence-corrected chi connectivity index (χ4v) is 4.57. The van der Waals surface area contributed by atoms with Crippen molar-refractivity contribution < 1.29 is 17.9 Å². The van der Waals surface area contributed by atoms with Crippen molar-refractivity contribution >= 4 is 0 Å². The average molecular weight is 451 g/mol. The summed E-state index contributed by atoms with van der Waals surface area (Å²) in [6.45, 7) is 6.07. The SMILES string of the molecule is C=CCCOc1ccc(-c2ccc(-c3ccc(C4CCC(C)CC4)c(F)c3)cc2)c(F)c1F. The van der Waals surface area contributed by atoms with Gasteiger partial charge in [-0.1, -0.05) is 62.2 Å². The molecule has 0 bridgehead atoms. The maximum absolute atomic E-state index is 14.9. The predicted molar refractivity (Wildman–Crippen MR) is 128 cm³/mol. The van der Waals surface area contributed by atoms with Gasteiger partial charge in [0.15, 0.2) is 11.6 Å². The molecular formula is C29H29F3O. The molecule has 33 heavy (non-hydrogen) atoms. The minimum atomic E-state index is -1.00. The van der Waals surface area contributed by atoms with Crippen LogP contribution in [0.3, 0.4) is 0 Å². The Labute approximate surface area is 193 Å². The van der Waals surface area contributed by atoms with E-state index in [1.807, 2.05) is 12.1 Å². The van der Waals surface area contributed by atoms with Crippen LogP contribution < -0.4 is 4.74 Å². The second kappa shape index (κ2) is 10.3. The summed E-state index contributed by atoms with van der Waals surface area (Å²) < 4.78 is 49.2. The molecule has 0 unspecified atom stereocenters. The Kier molecular flexibility index (Phi) is 7.22. The molecule has 1 fully saturated rings. The first kappa shape index (κ1) is 23.2. The third-order valence-corrected chi connectivity index (χ3v) is 6.61. The number of rotatable bonds is 7. The van der Waals surface area contributed by atoms with Gasteiger partial charge in [-0.05, 0) is 71.6 Å². The summed E-state index contributed by atoms with van der Waals surface area (Å²) in [4.78, 5) is 0. The predicted octanol–water partition coefficient (Wildman–Crippen LogP) is 8.69. The lowest BCUT2D eigenvalue weighted by molar-refractivity contribution is 0.302. The maximum Gasteiger partial charge on any atom is 0.201 e. The molecule has 172 valence electrons. The number of hydrogen-bond acceptors (Lipinski definition) is 1. The lowest BCUT2D eigenvalue weighted by Crippen LogP contribution is -2.12. The number of halogens is 3. The molecule has 1 aliphatic rings. The Hall–Kier alpha value is -3.01. The molecule has 0 atom stereocenters. The summed E-state index contributed by atoms with van der Waals surface area (Å²) in [6.07, 6.45) is 6.56. The Balaban J connectivity index is 1.52. The summed E-state index contributed by atoms with van der Waals surface area (Å²) in [6, 6.07) is 15.4. The molecule has 4 rings (SSSR count). The zero-order valence-corrected chi connectivity index (χ0v) is 18.9. The van der Waals surface area contributed by atoms with Gasteiger partial charge in [0.05, 0.1) is 6.61 Å². The first-order valence-electron chi connectivity index (χ1n) is 11.6. The number of hydrogen-bond donors (Lipinski definition) is 0. The fraction of sp³-hybridized carbons (Fsp3) is 0.310. The lowest BCUT2D eigenvalue weighted by Gasteiger charge is -2.26. The molecule has 0 spiro atoms. The molecule has 0 N–H and O–H groups in total. The van der Waals surface area contributed by atoms with E-state index < -0.39 is 11.6 Å². The van der Waals surface area contributed by atoms with Gasteiger partial charge in [-0.25, -0.2) is 8.78 Å². The van der Waals surface area contributed by atoms with Crippen LogP contribution in [0, 0.1) is 23.4 Å². The van der Waals surface area contributed by atoms with E-state index in [9.17, 15) is 13.2 Å². The summed E-state index contributed by atoms with van der Waals surface area (Å²) in [5.41, 5.74) is 3.09. The van der Waals surface area contributed by atoms with Crippen molar-refractivity contribution in [1.29, 1.82) is 0 Å². The van der Waals surface area contributed by atoms with Crippen molar-refractivity contribution in [3.8, 4) is 28.0 Å². The molecule has 0 radical (unpaired) electrons. The molecule has 3 aromatic rings. The minimum Gasteiger partial charge on any atom is -0.490 e. The lowest BCUT2D eigenvalue weighted by atomic mass is 9.79. The van der Waals surface area contributed by atoms with E-state index in [0.717, 1.165) is 48.3 Å². The van der Waals surface area contributed by atoms with Crippen LogP contribution in [0.4, 0.5) is 13.2 Å². The summed E-state index contributed by atoms with van der Waals surface area (Å²) >= 11 is 0. The van der Waals surface area contributed by atoms with Gasteiger partial charge < -0.3 is 4.74 Å². The third-order valence-electron chi connectivity index (χ3n) is 6.61. The van der Waals surface area contributed by atoms with Crippen molar-refractivity contribution in [2.24, 2.45) is 5.92 Å². The fourth-order valence-electron chi connectivity index (χ4n) is 4.57. The zero-order valence-electron chi connectivity index (χ0n) is 18.9. The normalized spacial score (nSPS) is 18.2. The molecule has 3 aromatic carbocycles. The Morgan fingerprint density at radius 2 is 1.52 bits per heavy atom. The summed E-state index contributed by atoms with van der Waals surface area (Å²) in [7, 11) is 0. The monoisotopic (exact) mass is 450 g/mol. The number of ether oxygens (including phenoxy) is 1. The topological polar surface area (TPSA) is 9.23 Å². The molecule has 4 heteroatoms. The van der Waals surface area contributed by atoms with Crippen LogP contribution in [0.2, 0.25) is 0 Å². The molecule has 1 saturated carbocycles. The average Bonchev–Trinajstić information content (AvgIpc) is 2.83. The van der Waals surface area contributed by atoms with Crippen molar-refractivity contribution in [1.82, 2.24) is 0 Å². The molecule has 0 amide bonds. The Bertz CT molecular complexity index is 1110. The summed E-state index contributed by atoms with van der Waals surface area (Å²) in [5, 5.41) is 0. The van der Waals surface area contributed by atoms with E-state index in [0.29, 0.717) is 17.9 Å². The quantitative estimate of drug-likeness (QED) is 0.258. The van der Waals surface area contributed by atoms with E-state index in [1.165, 1.54) is 12.1 Å². The second-order valence-corrected chi connectivity index (χ2v) is 8.94. The largest absolute Gasteiger partial charge is 0.490 e. The molecule has 0 saturated heterocycles. The number of benzene rings is 3. The van der Waals surface area contributed by atoms with Gasteiger partial charge in [0.25, 0.3) is 0 Å². The van der Waals surface area contributed by atoms with Crippen LogP contribution in [0.5, 0.6) is 5.75 Å². The van der Waals surface area contributed by atoms with Crippen LogP contribution >= 0.6 is 0 Å². The standard InChI is InChI=1S/C29H29F3O/c1-3-4-17-33-27-16-15-25(28(31)29(27)32)22-11-9-20(10-12-22)23-13-14-24(26(30)18-23)21-7-5-19(2)6-8-21/h3,9-16,18-19,21H,1,4-8,17H2,2H3. The zero-order chi connectivity index (χ0) is 23.4. The highest BCUT2D eigenvalue weighted by Gasteiger charge is 2.22. The molecule has 0 aromatic heterocycles. The minimum absolute atomic E-state index is 0.113. The highest BCUT2D eigenvalue weighted by molar-refractivity contribution is 5.71. The smallest absolute Gasteiger partial charge is 0.201 e. The van der Waals surface area contributed by atoms with E-state index in [2.05, 4.69) is 13.5 Å². The highest BCUT2D eigenvalue weighted by Crippen LogP contribution is 2.38. The van der Waals surface area contributed by atoms with Gasteiger partial charge in [-0.3, -0.25) is 0 Å². The third kappa shape index (κ3) is 5.16. The van der Waals surface area contributed by atoms with Gasteiger partial charge in [-0.15, -0.1) is 6.58 Å². The molecule has 1 nitrogen and oxygen atoms in total. The van der Waals surface area contributed by atoms with E-state index >= 15 is 0 Å². The van der Waals surface area contributed by atoms with Gasteiger partial charge >= 0.3 is 0 Å². The molecular weight excluding hydrogens is 421 g/mol. The molecule has 1 aliphatic carbocycles. The van der Waals surface area contributed by atoms with Crippen molar-refractivity contribution in [3.63, 3.8) is 0 Å². The Morgan fingerprint density at radius 3 is 2.18 bits per heavy atom. The van der Waals surface area contributed by atoms with Crippen molar-refractivity contribution in [3.05, 3.63) is 90.3 Å². The van der Waals surface area contributed by atoms with Crippen molar-refractivity contribution in [2.75, 3.05) is 6.61 Å². The Morgan fingerprint density at radius 1 is 0.848 bits per heavy atom. The van der Waals surface area contributed by atoms with Crippen LogP contribution in [0.15, 0.2) is 67.3 Å².